The van der Waals surface area contributed by atoms with E-state index >= 15 is 0 Å². The van der Waals surface area contributed by atoms with Crippen LogP contribution in [0.15, 0.2) is 12.2 Å². The van der Waals surface area contributed by atoms with Gasteiger partial charge in [0.25, 0.3) is 0 Å². The molecular weight excluding hydrogens is 360 g/mol. The summed E-state index contributed by atoms with van der Waals surface area (Å²) in [5.41, 5.74) is -2.24. The number of ether oxygens (including phenoxy) is 1. The summed E-state index contributed by atoms with van der Waals surface area (Å²) in [6.07, 6.45) is 0.544. The van der Waals surface area contributed by atoms with E-state index in [1.165, 1.54) is 6.92 Å². The number of hydrogen-bond donors (Lipinski definition) is 2. The van der Waals surface area contributed by atoms with E-state index in [2.05, 4.69) is 20.4 Å². The van der Waals surface area contributed by atoms with Gasteiger partial charge in [-0.2, -0.15) is 0 Å². The molecule has 4 fully saturated rings. The standard InChI is InChI=1S/C22H30O6/c1-11-13-8-14(24)17-21(10-28-12(2)23)7-5-6-20(3,4)15(21)9-16(25)22(17,18(11)26)19(13)27/h13,15-17,19,25,27H,1,5-10H2,2-4H3/t13-,15+,16+,17-,19+,21-,22+/m0/s1. The van der Waals surface area contributed by atoms with Gasteiger partial charge in [0.2, 0.25) is 0 Å². The molecule has 2 bridgehead atoms. The van der Waals surface area contributed by atoms with E-state index in [-0.39, 0.29) is 41.5 Å². The Labute approximate surface area is 165 Å². The maximum Gasteiger partial charge on any atom is 0.302 e. The first-order valence-corrected chi connectivity index (χ1v) is 10.3. The number of esters is 1. The van der Waals surface area contributed by atoms with Crippen LogP contribution in [0.4, 0.5) is 0 Å². The second kappa shape index (κ2) is 5.99. The lowest BCUT2D eigenvalue weighted by Gasteiger charge is -2.64. The van der Waals surface area contributed by atoms with Crippen molar-refractivity contribution >= 4 is 17.5 Å². The Kier molecular flexibility index (Phi) is 4.23. The molecule has 4 rings (SSSR count). The molecule has 4 aliphatic rings. The van der Waals surface area contributed by atoms with Crippen LogP contribution in [0, 0.1) is 34.0 Å². The van der Waals surface area contributed by atoms with Crippen molar-refractivity contribution in [2.75, 3.05) is 6.61 Å². The van der Waals surface area contributed by atoms with E-state index in [1.54, 1.807) is 0 Å². The average molecular weight is 390 g/mol. The maximum absolute atomic E-state index is 13.4. The zero-order valence-corrected chi connectivity index (χ0v) is 16.9. The highest BCUT2D eigenvalue weighted by atomic mass is 16.5. The van der Waals surface area contributed by atoms with Crippen LogP contribution in [0.25, 0.3) is 0 Å². The van der Waals surface area contributed by atoms with Gasteiger partial charge in [-0.1, -0.05) is 26.8 Å². The molecule has 6 nitrogen and oxygen atoms in total. The molecule has 0 heterocycles. The van der Waals surface area contributed by atoms with Crippen LogP contribution in [0.2, 0.25) is 0 Å². The molecule has 0 unspecified atom stereocenters. The number of carbonyl (C=O) groups excluding carboxylic acids is 3. The van der Waals surface area contributed by atoms with Gasteiger partial charge < -0.3 is 14.9 Å². The molecule has 0 radical (unpaired) electrons. The number of Topliss-reactive ketones (excluding diaryl/α,β-unsaturated/α-hetero) is 2. The third-order valence-electron chi connectivity index (χ3n) is 8.45. The summed E-state index contributed by atoms with van der Waals surface area (Å²) in [4.78, 5) is 38.4. The van der Waals surface area contributed by atoms with Gasteiger partial charge in [-0.3, -0.25) is 14.4 Å². The van der Waals surface area contributed by atoms with Crippen molar-refractivity contribution < 1.29 is 29.3 Å². The summed E-state index contributed by atoms with van der Waals surface area (Å²) in [5, 5.41) is 22.4. The second-order valence-electron chi connectivity index (χ2n) is 10.1. The first-order valence-electron chi connectivity index (χ1n) is 10.3. The molecule has 0 saturated heterocycles. The number of carbonyl (C=O) groups is 3. The topological polar surface area (TPSA) is 101 Å². The summed E-state index contributed by atoms with van der Waals surface area (Å²) in [6, 6.07) is 0. The molecule has 154 valence electrons. The molecule has 0 aromatic carbocycles. The van der Waals surface area contributed by atoms with E-state index < -0.39 is 40.8 Å². The summed E-state index contributed by atoms with van der Waals surface area (Å²) >= 11 is 0. The fourth-order valence-corrected chi connectivity index (χ4v) is 7.39. The number of aliphatic hydroxyl groups excluding tert-OH is 2. The van der Waals surface area contributed by atoms with Crippen molar-refractivity contribution in [1.82, 2.24) is 0 Å². The van der Waals surface area contributed by atoms with Gasteiger partial charge >= 0.3 is 5.97 Å². The van der Waals surface area contributed by atoms with E-state index in [0.29, 0.717) is 12.8 Å². The fraction of sp³-hybridized carbons (Fsp3) is 0.773. The number of aliphatic hydroxyl groups is 2. The van der Waals surface area contributed by atoms with E-state index in [9.17, 15) is 24.6 Å². The molecule has 4 aliphatic carbocycles. The zero-order valence-electron chi connectivity index (χ0n) is 16.9. The fourth-order valence-electron chi connectivity index (χ4n) is 7.39. The van der Waals surface area contributed by atoms with E-state index in [0.717, 1.165) is 12.8 Å². The van der Waals surface area contributed by atoms with Crippen LogP contribution in [0.5, 0.6) is 0 Å². The molecule has 4 saturated carbocycles. The highest BCUT2D eigenvalue weighted by molar-refractivity contribution is 6.10. The Bertz CT molecular complexity index is 769. The molecule has 6 heteroatoms. The Morgan fingerprint density at radius 1 is 1.25 bits per heavy atom. The van der Waals surface area contributed by atoms with Crippen molar-refractivity contribution in [2.45, 2.75) is 65.1 Å². The van der Waals surface area contributed by atoms with Gasteiger partial charge in [-0.25, -0.2) is 0 Å². The summed E-state index contributed by atoms with van der Waals surface area (Å²) in [5.74, 6) is -2.49. The average Bonchev–Trinajstić information content (AvgIpc) is 2.72. The normalized spacial score (nSPS) is 46.8. The van der Waals surface area contributed by atoms with Crippen molar-refractivity contribution in [2.24, 2.45) is 34.0 Å². The monoisotopic (exact) mass is 390 g/mol. The Balaban J connectivity index is 1.93. The molecule has 0 amide bonds. The lowest BCUT2D eigenvalue weighted by atomic mass is 9.39. The van der Waals surface area contributed by atoms with E-state index in [1.807, 2.05) is 0 Å². The summed E-state index contributed by atoms with van der Waals surface area (Å²) in [6.45, 7) is 9.47. The van der Waals surface area contributed by atoms with Gasteiger partial charge in [-0.05, 0) is 36.2 Å². The highest BCUT2D eigenvalue weighted by Crippen LogP contribution is 2.70. The van der Waals surface area contributed by atoms with Gasteiger partial charge in [0.15, 0.2) is 5.78 Å². The van der Waals surface area contributed by atoms with Crippen molar-refractivity contribution in [1.29, 1.82) is 0 Å². The highest BCUT2D eigenvalue weighted by Gasteiger charge is 2.77. The van der Waals surface area contributed by atoms with E-state index in [4.69, 9.17) is 4.74 Å². The SMILES string of the molecule is C=C1C(=O)[C@@]23[C@H](O)C[C@@H]4C(C)(C)CCC[C@@]4(COC(C)=O)[C@@H]2C(=O)C[C@@H]1[C@H]3O. The third kappa shape index (κ3) is 2.19. The molecule has 1 spiro atoms. The molecule has 7 atom stereocenters. The number of rotatable bonds is 2. The van der Waals surface area contributed by atoms with Crippen molar-refractivity contribution in [3.05, 3.63) is 12.2 Å². The minimum Gasteiger partial charge on any atom is -0.465 e. The summed E-state index contributed by atoms with van der Waals surface area (Å²) < 4.78 is 5.48. The van der Waals surface area contributed by atoms with Crippen LogP contribution in [0.1, 0.15) is 52.9 Å². The van der Waals surface area contributed by atoms with Crippen LogP contribution in [-0.4, -0.2) is 46.6 Å². The molecule has 28 heavy (non-hydrogen) atoms. The predicted octanol–water partition coefficient (Wildman–Crippen LogP) is 1.82. The number of ketones is 2. The van der Waals surface area contributed by atoms with Crippen molar-refractivity contribution in [3.8, 4) is 0 Å². The lowest BCUT2D eigenvalue weighted by molar-refractivity contribution is -0.235. The van der Waals surface area contributed by atoms with Crippen LogP contribution in [0.3, 0.4) is 0 Å². The quantitative estimate of drug-likeness (QED) is 0.551. The van der Waals surface area contributed by atoms with Gasteiger partial charge in [0.1, 0.15) is 5.78 Å². The van der Waals surface area contributed by atoms with Crippen molar-refractivity contribution in [3.63, 3.8) is 0 Å². The molecule has 0 aromatic rings. The summed E-state index contributed by atoms with van der Waals surface area (Å²) in [7, 11) is 0. The number of fused-ring (bicyclic) bond motifs is 3. The van der Waals surface area contributed by atoms with Gasteiger partial charge in [0, 0.05) is 30.6 Å². The number of hydrogen-bond acceptors (Lipinski definition) is 6. The molecule has 0 aromatic heterocycles. The first-order chi connectivity index (χ1) is 13.0. The minimum absolute atomic E-state index is 0.0401. The molecule has 2 N–H and O–H groups in total. The largest absolute Gasteiger partial charge is 0.465 e. The Hall–Kier alpha value is -1.53. The van der Waals surface area contributed by atoms with Gasteiger partial charge in [-0.15, -0.1) is 0 Å². The smallest absolute Gasteiger partial charge is 0.302 e. The van der Waals surface area contributed by atoms with Crippen LogP contribution in [-0.2, 0) is 19.1 Å². The Morgan fingerprint density at radius 3 is 2.57 bits per heavy atom. The van der Waals surface area contributed by atoms with Crippen LogP contribution >= 0.6 is 0 Å². The zero-order chi connectivity index (χ0) is 20.6. The lowest BCUT2D eigenvalue weighted by Crippen LogP contribution is -2.71. The molecule has 0 aliphatic heterocycles. The minimum atomic E-state index is -1.55. The maximum atomic E-state index is 13.4. The predicted molar refractivity (Wildman–Crippen MR) is 100 cm³/mol. The third-order valence-corrected chi connectivity index (χ3v) is 8.45. The van der Waals surface area contributed by atoms with Crippen LogP contribution < -0.4 is 0 Å². The first kappa shape index (κ1) is 19.8. The molecular formula is C22H30O6. The van der Waals surface area contributed by atoms with Gasteiger partial charge in [0.05, 0.1) is 24.2 Å². The second-order valence-corrected chi connectivity index (χ2v) is 10.1. The Morgan fingerprint density at radius 2 is 1.93 bits per heavy atom.